The molecule has 3 aromatic rings. The van der Waals surface area contributed by atoms with E-state index in [0.29, 0.717) is 23.0 Å². The number of hydrogen-bond donors (Lipinski definition) is 1. The summed E-state index contributed by atoms with van der Waals surface area (Å²) in [6, 6.07) is 17.0. The minimum Gasteiger partial charge on any atom is -0.325 e. The van der Waals surface area contributed by atoms with E-state index in [4.69, 9.17) is 0 Å². The number of Topliss-reactive ketones (excluding diaryl/α,β-unsaturated/α-hetero) is 1. The molecule has 0 saturated heterocycles. The molecule has 3 rings (SSSR count). The van der Waals surface area contributed by atoms with Gasteiger partial charge in [0.2, 0.25) is 5.91 Å². The topological polar surface area (TPSA) is 76.9 Å². The van der Waals surface area contributed by atoms with E-state index in [0.717, 1.165) is 11.4 Å². The number of carbonyl (C=O) groups excluding carboxylic acids is 2. The number of ketones is 1. The third-order valence-electron chi connectivity index (χ3n) is 4.27. The van der Waals surface area contributed by atoms with Crippen LogP contribution < -0.4 is 5.32 Å². The molecule has 0 spiro atoms. The van der Waals surface area contributed by atoms with Gasteiger partial charge in [-0.25, -0.2) is 0 Å². The Kier molecular flexibility index (Phi) is 6.26. The Morgan fingerprint density at radius 3 is 2.57 bits per heavy atom. The standard InChI is InChI=1S/C21H22N4O2S/c1-14(26)18-10-7-11-19(12-18)22-20(27)15(2)28-21-24-23-16(3)25(21)13-17-8-5-4-6-9-17/h4-12,15H,13H2,1-3H3,(H,22,27). The quantitative estimate of drug-likeness (QED) is 0.485. The minimum absolute atomic E-state index is 0.0389. The Morgan fingerprint density at radius 2 is 1.86 bits per heavy atom. The first-order valence-electron chi connectivity index (χ1n) is 8.96. The molecule has 2 aromatic carbocycles. The zero-order valence-electron chi connectivity index (χ0n) is 16.0. The van der Waals surface area contributed by atoms with Crippen LogP contribution in [0.25, 0.3) is 0 Å². The summed E-state index contributed by atoms with van der Waals surface area (Å²) in [5, 5.41) is 11.6. The maximum atomic E-state index is 12.6. The number of anilines is 1. The summed E-state index contributed by atoms with van der Waals surface area (Å²) in [7, 11) is 0. The summed E-state index contributed by atoms with van der Waals surface area (Å²) in [5.74, 6) is 0.605. The van der Waals surface area contributed by atoms with Crippen LogP contribution in [0.1, 0.15) is 35.6 Å². The molecular formula is C21H22N4O2S. The van der Waals surface area contributed by atoms with Crippen molar-refractivity contribution in [1.29, 1.82) is 0 Å². The number of carbonyl (C=O) groups is 2. The summed E-state index contributed by atoms with van der Waals surface area (Å²) in [6.45, 7) is 5.88. The summed E-state index contributed by atoms with van der Waals surface area (Å²) in [5.41, 5.74) is 2.31. The SMILES string of the molecule is CC(=O)c1cccc(NC(=O)C(C)Sc2nnc(C)n2Cc2ccccc2)c1. The molecule has 28 heavy (non-hydrogen) atoms. The first-order valence-corrected chi connectivity index (χ1v) is 9.84. The van der Waals surface area contributed by atoms with Gasteiger partial charge in [0.1, 0.15) is 5.82 Å². The highest BCUT2D eigenvalue weighted by Gasteiger charge is 2.19. The number of aromatic nitrogens is 3. The predicted molar refractivity (Wildman–Crippen MR) is 111 cm³/mol. The molecule has 0 aliphatic carbocycles. The molecule has 1 atom stereocenters. The molecule has 1 heterocycles. The lowest BCUT2D eigenvalue weighted by Crippen LogP contribution is -2.23. The molecule has 144 valence electrons. The Labute approximate surface area is 168 Å². The third kappa shape index (κ3) is 4.86. The zero-order chi connectivity index (χ0) is 20.1. The molecule has 0 saturated carbocycles. The van der Waals surface area contributed by atoms with Gasteiger partial charge in [0.05, 0.1) is 11.8 Å². The zero-order valence-corrected chi connectivity index (χ0v) is 16.9. The average molecular weight is 395 g/mol. The number of aryl methyl sites for hydroxylation is 1. The molecule has 0 aliphatic heterocycles. The number of thioether (sulfide) groups is 1. The van der Waals surface area contributed by atoms with Crippen molar-refractivity contribution in [1.82, 2.24) is 14.8 Å². The van der Waals surface area contributed by atoms with Gasteiger partial charge >= 0.3 is 0 Å². The van der Waals surface area contributed by atoms with E-state index in [1.54, 1.807) is 24.3 Å². The summed E-state index contributed by atoms with van der Waals surface area (Å²) < 4.78 is 2.00. The second kappa shape index (κ2) is 8.84. The van der Waals surface area contributed by atoms with Gasteiger partial charge < -0.3 is 9.88 Å². The van der Waals surface area contributed by atoms with E-state index in [9.17, 15) is 9.59 Å². The van der Waals surface area contributed by atoms with Gasteiger partial charge in [-0.05, 0) is 38.5 Å². The first kappa shape index (κ1) is 19.8. The monoisotopic (exact) mass is 394 g/mol. The van der Waals surface area contributed by atoms with Crippen molar-refractivity contribution in [3.8, 4) is 0 Å². The van der Waals surface area contributed by atoms with Crippen molar-refractivity contribution in [2.45, 2.75) is 37.7 Å². The van der Waals surface area contributed by atoms with Crippen molar-refractivity contribution in [2.75, 3.05) is 5.32 Å². The second-order valence-electron chi connectivity index (χ2n) is 6.49. The van der Waals surface area contributed by atoms with Gasteiger partial charge in [-0.15, -0.1) is 10.2 Å². The van der Waals surface area contributed by atoms with Crippen molar-refractivity contribution in [3.63, 3.8) is 0 Å². The van der Waals surface area contributed by atoms with Crippen LogP contribution in [-0.2, 0) is 11.3 Å². The number of nitrogens with zero attached hydrogens (tertiary/aromatic N) is 3. The lowest BCUT2D eigenvalue weighted by Gasteiger charge is -2.13. The fourth-order valence-corrected chi connectivity index (χ4v) is 3.56. The highest BCUT2D eigenvalue weighted by atomic mass is 32.2. The van der Waals surface area contributed by atoms with Crippen LogP contribution in [-0.4, -0.2) is 31.7 Å². The summed E-state index contributed by atoms with van der Waals surface area (Å²) in [4.78, 5) is 24.1. The normalized spacial score (nSPS) is 11.8. The minimum atomic E-state index is -0.376. The van der Waals surface area contributed by atoms with E-state index < -0.39 is 0 Å². The lowest BCUT2D eigenvalue weighted by atomic mass is 10.1. The van der Waals surface area contributed by atoms with Crippen LogP contribution in [0.5, 0.6) is 0 Å². The Hall–Kier alpha value is -2.93. The second-order valence-corrected chi connectivity index (χ2v) is 7.80. The van der Waals surface area contributed by atoms with E-state index in [1.165, 1.54) is 18.7 Å². The van der Waals surface area contributed by atoms with Crippen molar-refractivity contribution in [3.05, 3.63) is 71.5 Å². The van der Waals surface area contributed by atoms with Crippen molar-refractivity contribution < 1.29 is 9.59 Å². The van der Waals surface area contributed by atoms with Crippen LogP contribution in [0.15, 0.2) is 59.8 Å². The number of nitrogens with one attached hydrogen (secondary N) is 1. The number of amides is 1. The van der Waals surface area contributed by atoms with Crippen LogP contribution in [0.3, 0.4) is 0 Å². The highest BCUT2D eigenvalue weighted by Crippen LogP contribution is 2.24. The molecule has 1 aromatic heterocycles. The van der Waals surface area contributed by atoms with E-state index in [1.807, 2.05) is 48.7 Å². The van der Waals surface area contributed by atoms with E-state index in [2.05, 4.69) is 15.5 Å². The smallest absolute Gasteiger partial charge is 0.237 e. The van der Waals surface area contributed by atoms with Gasteiger partial charge in [0.15, 0.2) is 10.9 Å². The maximum absolute atomic E-state index is 12.6. The Bertz CT molecular complexity index is 985. The number of hydrogen-bond acceptors (Lipinski definition) is 5. The van der Waals surface area contributed by atoms with Crippen molar-refractivity contribution in [2.24, 2.45) is 0 Å². The Morgan fingerprint density at radius 1 is 1.11 bits per heavy atom. The van der Waals surface area contributed by atoms with E-state index in [-0.39, 0.29) is 16.9 Å². The maximum Gasteiger partial charge on any atom is 0.237 e. The molecule has 1 amide bonds. The molecule has 1 unspecified atom stereocenters. The van der Waals surface area contributed by atoms with Gasteiger partial charge in [0, 0.05) is 11.3 Å². The van der Waals surface area contributed by atoms with Gasteiger partial charge in [-0.3, -0.25) is 9.59 Å². The van der Waals surface area contributed by atoms with E-state index >= 15 is 0 Å². The molecule has 0 aliphatic rings. The van der Waals surface area contributed by atoms with Gasteiger partial charge in [-0.1, -0.05) is 54.2 Å². The molecule has 6 nitrogen and oxygen atoms in total. The first-order chi connectivity index (χ1) is 13.4. The summed E-state index contributed by atoms with van der Waals surface area (Å²) in [6.07, 6.45) is 0. The number of rotatable bonds is 7. The molecule has 0 bridgehead atoms. The lowest BCUT2D eigenvalue weighted by molar-refractivity contribution is -0.115. The van der Waals surface area contributed by atoms with Crippen molar-refractivity contribution >= 4 is 29.1 Å². The molecule has 1 N–H and O–H groups in total. The van der Waals surface area contributed by atoms with Crippen LogP contribution in [0.2, 0.25) is 0 Å². The van der Waals surface area contributed by atoms with Gasteiger partial charge in [-0.2, -0.15) is 0 Å². The van der Waals surface area contributed by atoms with Gasteiger partial charge in [0.25, 0.3) is 0 Å². The molecule has 0 fully saturated rings. The largest absolute Gasteiger partial charge is 0.325 e. The predicted octanol–water partition coefficient (Wildman–Crippen LogP) is 3.96. The van der Waals surface area contributed by atoms with Crippen LogP contribution in [0.4, 0.5) is 5.69 Å². The van der Waals surface area contributed by atoms with Crippen LogP contribution in [0, 0.1) is 6.92 Å². The molecular weight excluding hydrogens is 372 g/mol. The van der Waals surface area contributed by atoms with Crippen LogP contribution >= 0.6 is 11.8 Å². The Balaban J connectivity index is 1.69. The number of benzene rings is 2. The average Bonchev–Trinajstić information content (AvgIpc) is 3.02. The summed E-state index contributed by atoms with van der Waals surface area (Å²) >= 11 is 1.36. The fraction of sp³-hybridized carbons (Fsp3) is 0.238. The fourth-order valence-electron chi connectivity index (χ4n) is 2.67. The molecule has 0 radical (unpaired) electrons. The highest BCUT2D eigenvalue weighted by molar-refractivity contribution is 8.00. The third-order valence-corrected chi connectivity index (χ3v) is 5.35. The molecule has 7 heteroatoms.